The normalized spacial score (nSPS) is 10.9. The molecule has 0 atom stereocenters. The van der Waals surface area contributed by atoms with Crippen molar-refractivity contribution in [3.05, 3.63) is 34.2 Å². The van der Waals surface area contributed by atoms with Crippen LogP contribution in [0.5, 0.6) is 0 Å². The number of methoxy groups -OCH3 is 1. The summed E-state index contributed by atoms with van der Waals surface area (Å²) in [5, 5.41) is 10.2. The molecular formula is C13H18N2O3S. The van der Waals surface area contributed by atoms with Crippen molar-refractivity contribution in [3.8, 4) is 0 Å². The molecule has 19 heavy (non-hydrogen) atoms. The fraction of sp³-hybridized carbons (Fsp3) is 0.462. The first-order valence-electron chi connectivity index (χ1n) is 5.99. The summed E-state index contributed by atoms with van der Waals surface area (Å²) in [5.41, 5.74) is 0.799. The predicted octanol–water partition coefficient (Wildman–Crippen LogP) is 2.32. The number of ether oxygens (including phenoxy) is 1. The van der Waals surface area contributed by atoms with E-state index in [1.165, 1.54) is 11.3 Å². The zero-order chi connectivity index (χ0) is 13.8. The summed E-state index contributed by atoms with van der Waals surface area (Å²) in [7, 11) is 3.57. The van der Waals surface area contributed by atoms with Gasteiger partial charge in [0, 0.05) is 14.2 Å². The summed E-state index contributed by atoms with van der Waals surface area (Å²) in [6, 6.07) is 3.91. The van der Waals surface area contributed by atoms with Gasteiger partial charge in [0.25, 0.3) is 0 Å². The van der Waals surface area contributed by atoms with E-state index >= 15 is 0 Å². The Morgan fingerprint density at radius 1 is 1.47 bits per heavy atom. The number of aliphatic hydroxyl groups is 1. The predicted molar refractivity (Wildman–Crippen MR) is 74.3 cm³/mol. The van der Waals surface area contributed by atoms with E-state index in [-0.39, 0.29) is 6.61 Å². The molecule has 2 aromatic rings. The summed E-state index contributed by atoms with van der Waals surface area (Å²) in [6.45, 7) is 2.98. The molecule has 2 aromatic heterocycles. The minimum Gasteiger partial charge on any atom is -0.464 e. The van der Waals surface area contributed by atoms with Gasteiger partial charge in [0.15, 0.2) is 5.13 Å². The van der Waals surface area contributed by atoms with Gasteiger partial charge in [0.1, 0.15) is 11.5 Å². The smallest absolute Gasteiger partial charge is 0.186 e. The average molecular weight is 282 g/mol. The molecular weight excluding hydrogens is 264 g/mol. The van der Waals surface area contributed by atoms with Crippen molar-refractivity contribution in [1.29, 1.82) is 0 Å². The van der Waals surface area contributed by atoms with Gasteiger partial charge in [-0.3, -0.25) is 0 Å². The third-order valence-electron chi connectivity index (χ3n) is 2.71. The number of aromatic nitrogens is 1. The minimum atomic E-state index is -0.00986. The van der Waals surface area contributed by atoms with Crippen LogP contribution in [0.4, 0.5) is 5.13 Å². The second-order valence-electron chi connectivity index (χ2n) is 4.33. The minimum absolute atomic E-state index is 0.00986. The van der Waals surface area contributed by atoms with Crippen LogP contribution in [0.3, 0.4) is 0 Å². The van der Waals surface area contributed by atoms with Crippen molar-refractivity contribution < 1.29 is 14.3 Å². The number of thiazole rings is 1. The van der Waals surface area contributed by atoms with Crippen LogP contribution in [-0.2, 0) is 24.5 Å². The molecule has 0 fully saturated rings. The van der Waals surface area contributed by atoms with Crippen molar-refractivity contribution in [1.82, 2.24) is 4.98 Å². The van der Waals surface area contributed by atoms with Gasteiger partial charge in [0.05, 0.1) is 30.3 Å². The first-order chi connectivity index (χ1) is 9.13. The third kappa shape index (κ3) is 3.34. The van der Waals surface area contributed by atoms with Gasteiger partial charge in [-0.25, -0.2) is 4.98 Å². The summed E-state index contributed by atoms with van der Waals surface area (Å²) in [5.74, 6) is 1.80. The van der Waals surface area contributed by atoms with E-state index < -0.39 is 0 Å². The van der Waals surface area contributed by atoms with Crippen LogP contribution in [0.25, 0.3) is 0 Å². The Morgan fingerprint density at radius 3 is 2.84 bits per heavy atom. The topological polar surface area (TPSA) is 58.7 Å². The second kappa shape index (κ2) is 6.18. The van der Waals surface area contributed by atoms with Crippen molar-refractivity contribution in [2.75, 3.05) is 19.1 Å². The van der Waals surface area contributed by atoms with Crippen molar-refractivity contribution in [2.45, 2.75) is 26.7 Å². The summed E-state index contributed by atoms with van der Waals surface area (Å²) in [6.07, 6.45) is 0. The lowest BCUT2D eigenvalue weighted by Crippen LogP contribution is -2.15. The van der Waals surface area contributed by atoms with E-state index in [0.717, 1.165) is 27.2 Å². The van der Waals surface area contributed by atoms with Crippen LogP contribution >= 0.6 is 11.3 Å². The molecule has 0 radical (unpaired) electrons. The van der Waals surface area contributed by atoms with Gasteiger partial charge < -0.3 is 19.2 Å². The number of furan rings is 1. The zero-order valence-corrected chi connectivity index (χ0v) is 12.2. The highest BCUT2D eigenvalue weighted by Crippen LogP contribution is 2.27. The standard InChI is InChI=1S/C13H18N2O3S/c1-9-4-5-10(18-9)6-15(2)13-14-11(8-17-3)12(7-16)19-13/h4-5,16H,6-8H2,1-3H3. The number of aryl methyl sites for hydroxylation is 1. The van der Waals surface area contributed by atoms with Crippen LogP contribution in [0.1, 0.15) is 22.1 Å². The number of hydrogen-bond acceptors (Lipinski definition) is 6. The zero-order valence-electron chi connectivity index (χ0n) is 11.3. The van der Waals surface area contributed by atoms with E-state index in [2.05, 4.69) is 4.98 Å². The number of rotatable bonds is 6. The molecule has 0 aliphatic rings. The third-order valence-corrected chi connectivity index (χ3v) is 3.90. The Bertz CT molecular complexity index is 536. The van der Waals surface area contributed by atoms with Gasteiger partial charge in [-0.1, -0.05) is 11.3 Å². The molecule has 0 spiro atoms. The van der Waals surface area contributed by atoms with Gasteiger partial charge in [-0.2, -0.15) is 0 Å². The first kappa shape index (κ1) is 14.0. The maximum atomic E-state index is 9.31. The molecule has 2 rings (SSSR count). The highest BCUT2D eigenvalue weighted by Gasteiger charge is 2.14. The lowest BCUT2D eigenvalue weighted by molar-refractivity contribution is 0.179. The van der Waals surface area contributed by atoms with E-state index in [1.807, 2.05) is 31.0 Å². The van der Waals surface area contributed by atoms with E-state index in [9.17, 15) is 5.11 Å². The Morgan fingerprint density at radius 2 is 2.26 bits per heavy atom. The van der Waals surface area contributed by atoms with Crippen LogP contribution in [0.2, 0.25) is 0 Å². The van der Waals surface area contributed by atoms with E-state index in [0.29, 0.717) is 13.2 Å². The molecule has 0 saturated carbocycles. The molecule has 2 heterocycles. The molecule has 5 nitrogen and oxygen atoms in total. The molecule has 0 bridgehead atoms. The summed E-state index contributed by atoms with van der Waals surface area (Å²) in [4.78, 5) is 7.34. The highest BCUT2D eigenvalue weighted by molar-refractivity contribution is 7.15. The van der Waals surface area contributed by atoms with Crippen LogP contribution in [0, 0.1) is 6.92 Å². The van der Waals surface area contributed by atoms with Crippen molar-refractivity contribution in [2.24, 2.45) is 0 Å². The summed E-state index contributed by atoms with van der Waals surface area (Å²) < 4.78 is 10.6. The number of anilines is 1. The van der Waals surface area contributed by atoms with Crippen LogP contribution in [0.15, 0.2) is 16.5 Å². The first-order valence-corrected chi connectivity index (χ1v) is 6.80. The van der Waals surface area contributed by atoms with Gasteiger partial charge in [0.2, 0.25) is 0 Å². The maximum Gasteiger partial charge on any atom is 0.186 e. The van der Waals surface area contributed by atoms with E-state index in [4.69, 9.17) is 9.15 Å². The van der Waals surface area contributed by atoms with Gasteiger partial charge in [-0.05, 0) is 19.1 Å². The molecule has 0 amide bonds. The Balaban J connectivity index is 2.12. The van der Waals surface area contributed by atoms with Crippen LogP contribution in [-0.4, -0.2) is 24.2 Å². The Kier molecular flexibility index (Phi) is 4.57. The lowest BCUT2D eigenvalue weighted by Gasteiger charge is -2.13. The Labute approximate surface area is 116 Å². The molecule has 0 saturated heterocycles. The molecule has 1 N–H and O–H groups in total. The number of aliphatic hydroxyl groups excluding tert-OH is 1. The quantitative estimate of drug-likeness (QED) is 0.881. The van der Waals surface area contributed by atoms with E-state index in [1.54, 1.807) is 7.11 Å². The highest BCUT2D eigenvalue weighted by atomic mass is 32.1. The lowest BCUT2D eigenvalue weighted by atomic mass is 10.4. The molecule has 104 valence electrons. The monoisotopic (exact) mass is 282 g/mol. The maximum absolute atomic E-state index is 9.31. The fourth-order valence-electron chi connectivity index (χ4n) is 1.78. The van der Waals surface area contributed by atoms with Crippen molar-refractivity contribution in [3.63, 3.8) is 0 Å². The molecule has 0 unspecified atom stereocenters. The number of nitrogens with zero attached hydrogens (tertiary/aromatic N) is 2. The Hall–Kier alpha value is -1.37. The second-order valence-corrected chi connectivity index (χ2v) is 5.39. The molecule has 6 heteroatoms. The molecule has 0 aromatic carbocycles. The SMILES string of the molecule is COCc1nc(N(C)Cc2ccc(C)o2)sc1CO. The van der Waals surface area contributed by atoms with Gasteiger partial charge >= 0.3 is 0 Å². The largest absolute Gasteiger partial charge is 0.464 e. The fourth-order valence-corrected chi connectivity index (χ4v) is 2.66. The van der Waals surface area contributed by atoms with Crippen LogP contribution < -0.4 is 4.90 Å². The molecule has 0 aliphatic heterocycles. The molecule has 0 aliphatic carbocycles. The number of hydrogen-bond donors (Lipinski definition) is 1. The van der Waals surface area contributed by atoms with Gasteiger partial charge in [-0.15, -0.1) is 0 Å². The summed E-state index contributed by atoms with van der Waals surface area (Å²) >= 11 is 1.48. The van der Waals surface area contributed by atoms with Crippen molar-refractivity contribution >= 4 is 16.5 Å². The average Bonchev–Trinajstić information content (AvgIpc) is 2.96.